The highest BCUT2D eigenvalue weighted by Gasteiger charge is 2.15. The molecule has 1 aromatic carbocycles. The van der Waals surface area contributed by atoms with Crippen molar-refractivity contribution in [3.63, 3.8) is 0 Å². The summed E-state index contributed by atoms with van der Waals surface area (Å²) in [6.07, 6.45) is 4.45. The number of methoxy groups -OCH3 is 2. The van der Waals surface area contributed by atoms with Crippen molar-refractivity contribution in [1.29, 1.82) is 0 Å². The molecule has 0 unspecified atom stereocenters. The van der Waals surface area contributed by atoms with Crippen molar-refractivity contribution in [2.24, 2.45) is 5.10 Å². The lowest BCUT2D eigenvalue weighted by molar-refractivity contribution is -0.132. The molecule has 0 atom stereocenters. The van der Waals surface area contributed by atoms with Gasteiger partial charge in [0.25, 0.3) is 5.91 Å². The lowest BCUT2D eigenvalue weighted by Gasteiger charge is -2.13. The highest BCUT2D eigenvalue weighted by atomic mass is 16.6. The van der Waals surface area contributed by atoms with Gasteiger partial charge in [-0.25, -0.2) is 5.43 Å². The molecule has 0 bridgehead atoms. The Bertz CT molecular complexity index is 765. The molecule has 8 nitrogen and oxygen atoms in total. The number of nitrogens with one attached hydrogen (secondary N) is 1. The van der Waals surface area contributed by atoms with Gasteiger partial charge in [0.2, 0.25) is 5.75 Å². The van der Waals surface area contributed by atoms with Crippen molar-refractivity contribution < 1.29 is 23.8 Å². The number of hydrogen-bond donors (Lipinski definition) is 1. The third-order valence-electron chi connectivity index (χ3n) is 3.05. The standard InChI is InChI=1S/C17H17N3O5/c1-11(21)25-16-14(23-2)8-12(9-15(16)24-3)10-19-20-17(22)13-4-6-18-7-5-13/h4-10H,1-3H3,(H,20,22)/b19-10+. The maximum atomic E-state index is 11.9. The molecule has 0 spiro atoms. The molecule has 0 aliphatic carbocycles. The van der Waals surface area contributed by atoms with Crippen LogP contribution in [0, 0.1) is 0 Å². The van der Waals surface area contributed by atoms with Crippen molar-refractivity contribution in [2.45, 2.75) is 6.92 Å². The first kappa shape index (κ1) is 17.9. The maximum absolute atomic E-state index is 11.9. The van der Waals surface area contributed by atoms with E-state index in [-0.39, 0.29) is 11.7 Å². The largest absolute Gasteiger partial charge is 0.493 e. The highest BCUT2D eigenvalue weighted by molar-refractivity contribution is 5.94. The molecule has 2 aromatic rings. The van der Waals surface area contributed by atoms with E-state index in [9.17, 15) is 9.59 Å². The summed E-state index contributed by atoms with van der Waals surface area (Å²) in [4.78, 5) is 26.9. The third kappa shape index (κ3) is 4.77. The quantitative estimate of drug-likeness (QED) is 0.371. The Labute approximate surface area is 144 Å². The van der Waals surface area contributed by atoms with Gasteiger partial charge >= 0.3 is 5.97 Å². The smallest absolute Gasteiger partial charge is 0.308 e. The molecule has 130 valence electrons. The van der Waals surface area contributed by atoms with E-state index < -0.39 is 5.97 Å². The molecule has 0 saturated heterocycles. The maximum Gasteiger partial charge on any atom is 0.308 e. The minimum atomic E-state index is -0.498. The van der Waals surface area contributed by atoms with E-state index in [4.69, 9.17) is 14.2 Å². The fourth-order valence-electron chi connectivity index (χ4n) is 1.95. The van der Waals surface area contributed by atoms with Crippen LogP contribution in [0.1, 0.15) is 22.8 Å². The number of ether oxygens (including phenoxy) is 3. The molecular weight excluding hydrogens is 326 g/mol. The van der Waals surface area contributed by atoms with Gasteiger partial charge in [-0.15, -0.1) is 0 Å². The van der Waals surface area contributed by atoms with E-state index in [0.717, 1.165) is 0 Å². The first-order valence-corrected chi connectivity index (χ1v) is 7.23. The van der Waals surface area contributed by atoms with Crippen molar-refractivity contribution in [3.8, 4) is 17.2 Å². The van der Waals surface area contributed by atoms with Gasteiger partial charge in [0.15, 0.2) is 11.5 Å². The zero-order valence-corrected chi connectivity index (χ0v) is 14.0. The molecule has 0 fully saturated rings. The molecule has 1 amide bonds. The van der Waals surface area contributed by atoms with E-state index in [0.29, 0.717) is 22.6 Å². The number of benzene rings is 1. The summed E-state index contributed by atoms with van der Waals surface area (Å²) in [6.45, 7) is 1.28. The van der Waals surface area contributed by atoms with Crippen molar-refractivity contribution in [2.75, 3.05) is 14.2 Å². The molecule has 1 heterocycles. The van der Waals surface area contributed by atoms with E-state index in [1.165, 1.54) is 39.8 Å². The van der Waals surface area contributed by atoms with E-state index in [2.05, 4.69) is 15.5 Å². The zero-order valence-electron chi connectivity index (χ0n) is 14.0. The topological polar surface area (TPSA) is 99.1 Å². The van der Waals surface area contributed by atoms with E-state index in [1.54, 1.807) is 24.3 Å². The van der Waals surface area contributed by atoms with Crippen LogP contribution in [0.4, 0.5) is 0 Å². The summed E-state index contributed by atoms with van der Waals surface area (Å²) < 4.78 is 15.5. The number of carbonyl (C=O) groups excluding carboxylic acids is 2. The number of aromatic nitrogens is 1. The van der Waals surface area contributed by atoms with Crippen LogP contribution in [0.15, 0.2) is 41.8 Å². The Morgan fingerprint density at radius 2 is 1.72 bits per heavy atom. The Morgan fingerprint density at radius 1 is 1.12 bits per heavy atom. The summed E-state index contributed by atoms with van der Waals surface area (Å²) in [5.41, 5.74) is 3.43. The van der Waals surface area contributed by atoms with Crippen molar-refractivity contribution in [1.82, 2.24) is 10.4 Å². The molecule has 0 radical (unpaired) electrons. The summed E-state index contributed by atoms with van der Waals surface area (Å²) in [5, 5.41) is 3.90. The lowest BCUT2D eigenvalue weighted by Crippen LogP contribution is -2.17. The molecule has 0 aliphatic rings. The molecule has 1 N–H and O–H groups in total. The normalized spacial score (nSPS) is 10.4. The van der Waals surface area contributed by atoms with Gasteiger partial charge in [-0.05, 0) is 24.3 Å². The molecule has 1 aromatic heterocycles. The summed E-state index contributed by atoms with van der Waals surface area (Å²) in [7, 11) is 2.88. The second-order valence-electron chi connectivity index (χ2n) is 4.78. The third-order valence-corrected chi connectivity index (χ3v) is 3.05. The van der Waals surface area contributed by atoms with Crippen molar-refractivity contribution >= 4 is 18.1 Å². The Balaban J connectivity index is 2.19. The molecule has 0 aliphatic heterocycles. The number of hydrazone groups is 1. The number of carbonyl (C=O) groups is 2. The van der Waals surface area contributed by atoms with Gasteiger partial charge in [-0.2, -0.15) is 5.10 Å². The summed E-state index contributed by atoms with van der Waals surface area (Å²) >= 11 is 0. The summed E-state index contributed by atoms with van der Waals surface area (Å²) in [6, 6.07) is 6.35. The van der Waals surface area contributed by atoms with Crippen LogP contribution >= 0.6 is 0 Å². The van der Waals surface area contributed by atoms with Gasteiger partial charge < -0.3 is 14.2 Å². The fraction of sp³-hybridized carbons (Fsp3) is 0.176. The van der Waals surface area contributed by atoms with Gasteiger partial charge in [0.05, 0.1) is 20.4 Å². The second-order valence-corrected chi connectivity index (χ2v) is 4.78. The van der Waals surface area contributed by atoms with Gasteiger partial charge in [0, 0.05) is 30.4 Å². The Kier molecular flexibility index (Phi) is 6.05. The minimum Gasteiger partial charge on any atom is -0.493 e. The van der Waals surface area contributed by atoms with Crippen LogP contribution in [0.2, 0.25) is 0 Å². The molecule has 8 heteroatoms. The predicted octanol–water partition coefficient (Wildman–Crippen LogP) is 1.79. The molecule has 2 rings (SSSR count). The molecular formula is C17H17N3O5. The fourth-order valence-corrected chi connectivity index (χ4v) is 1.95. The van der Waals surface area contributed by atoms with Crippen LogP contribution in [0.5, 0.6) is 17.2 Å². The van der Waals surface area contributed by atoms with Gasteiger partial charge in [0.1, 0.15) is 0 Å². The first-order chi connectivity index (χ1) is 12.0. The monoisotopic (exact) mass is 343 g/mol. The van der Waals surface area contributed by atoms with Crippen LogP contribution in [-0.2, 0) is 4.79 Å². The number of pyridine rings is 1. The van der Waals surface area contributed by atoms with Crippen LogP contribution in [-0.4, -0.2) is 37.3 Å². The van der Waals surface area contributed by atoms with Gasteiger partial charge in [-0.1, -0.05) is 0 Å². The average molecular weight is 343 g/mol. The van der Waals surface area contributed by atoms with Crippen LogP contribution < -0.4 is 19.6 Å². The average Bonchev–Trinajstić information content (AvgIpc) is 2.62. The van der Waals surface area contributed by atoms with Crippen molar-refractivity contribution in [3.05, 3.63) is 47.8 Å². The zero-order chi connectivity index (χ0) is 18.2. The Morgan fingerprint density at radius 3 is 2.24 bits per heavy atom. The number of rotatable bonds is 6. The predicted molar refractivity (Wildman–Crippen MR) is 90.2 cm³/mol. The van der Waals surface area contributed by atoms with E-state index in [1.807, 2.05) is 0 Å². The molecule has 25 heavy (non-hydrogen) atoms. The number of amides is 1. The number of esters is 1. The highest BCUT2D eigenvalue weighted by Crippen LogP contribution is 2.38. The number of nitrogens with zero attached hydrogens (tertiary/aromatic N) is 2. The lowest BCUT2D eigenvalue weighted by atomic mass is 10.2. The first-order valence-electron chi connectivity index (χ1n) is 7.23. The van der Waals surface area contributed by atoms with E-state index >= 15 is 0 Å². The van der Waals surface area contributed by atoms with Gasteiger partial charge in [-0.3, -0.25) is 14.6 Å². The molecule has 0 saturated carbocycles. The number of hydrogen-bond acceptors (Lipinski definition) is 7. The Hall–Kier alpha value is -3.42. The second kappa shape index (κ2) is 8.44. The van der Waals surface area contributed by atoms with Crippen LogP contribution in [0.3, 0.4) is 0 Å². The minimum absolute atomic E-state index is 0.176. The summed E-state index contributed by atoms with van der Waals surface area (Å²) in [5.74, 6) is -0.0832. The SMILES string of the molecule is COc1cc(/C=N/NC(=O)c2ccncc2)cc(OC)c1OC(C)=O. The van der Waals surface area contributed by atoms with Crippen LogP contribution in [0.25, 0.3) is 0 Å².